The maximum Gasteiger partial charge on any atom is 0.156 e. The lowest BCUT2D eigenvalue weighted by Crippen LogP contribution is -2.27. The van der Waals surface area contributed by atoms with Crippen molar-refractivity contribution in [3.8, 4) is 0 Å². The minimum absolute atomic E-state index is 0.550. The molecule has 0 aromatic carbocycles. The van der Waals surface area contributed by atoms with Crippen LogP contribution in [0.4, 0.5) is 5.82 Å². The molecular formula is C13H22N4. The molecule has 94 valence electrons. The summed E-state index contributed by atoms with van der Waals surface area (Å²) >= 11 is 0. The van der Waals surface area contributed by atoms with Crippen molar-refractivity contribution in [1.29, 1.82) is 0 Å². The SMILES string of the molecule is Cc1nnc(N2CCCCCC2)c(CN)c1C. The van der Waals surface area contributed by atoms with E-state index < -0.39 is 0 Å². The van der Waals surface area contributed by atoms with Crippen LogP contribution < -0.4 is 10.6 Å². The zero-order valence-electron chi connectivity index (χ0n) is 10.9. The predicted octanol–water partition coefficient (Wildman–Crippen LogP) is 1.93. The van der Waals surface area contributed by atoms with Crippen LogP contribution in [0.15, 0.2) is 0 Å². The van der Waals surface area contributed by atoms with Gasteiger partial charge in [0.1, 0.15) is 0 Å². The van der Waals surface area contributed by atoms with Gasteiger partial charge in [0.05, 0.1) is 5.69 Å². The van der Waals surface area contributed by atoms with Gasteiger partial charge in [-0.15, -0.1) is 5.10 Å². The van der Waals surface area contributed by atoms with E-state index in [1.54, 1.807) is 0 Å². The van der Waals surface area contributed by atoms with Gasteiger partial charge in [-0.3, -0.25) is 0 Å². The highest BCUT2D eigenvalue weighted by atomic mass is 15.3. The van der Waals surface area contributed by atoms with Crippen molar-refractivity contribution in [3.63, 3.8) is 0 Å². The number of rotatable bonds is 2. The molecule has 1 aliphatic rings. The second-order valence-corrected chi connectivity index (χ2v) is 4.82. The molecule has 0 unspecified atom stereocenters. The highest BCUT2D eigenvalue weighted by Gasteiger charge is 2.17. The van der Waals surface area contributed by atoms with Gasteiger partial charge in [-0.05, 0) is 32.3 Å². The number of aryl methyl sites for hydroxylation is 1. The van der Waals surface area contributed by atoms with Gasteiger partial charge >= 0.3 is 0 Å². The summed E-state index contributed by atoms with van der Waals surface area (Å²) < 4.78 is 0. The molecule has 1 aromatic heterocycles. The van der Waals surface area contributed by atoms with Gasteiger partial charge in [-0.2, -0.15) is 5.10 Å². The molecule has 0 spiro atoms. The number of anilines is 1. The Morgan fingerprint density at radius 2 is 1.71 bits per heavy atom. The Morgan fingerprint density at radius 1 is 1.06 bits per heavy atom. The Balaban J connectivity index is 2.33. The number of hydrogen-bond donors (Lipinski definition) is 1. The van der Waals surface area contributed by atoms with Crippen LogP contribution in [0.2, 0.25) is 0 Å². The van der Waals surface area contributed by atoms with E-state index in [0.29, 0.717) is 6.54 Å². The normalized spacial score (nSPS) is 17.0. The molecule has 0 radical (unpaired) electrons. The Kier molecular flexibility index (Phi) is 3.94. The quantitative estimate of drug-likeness (QED) is 0.849. The van der Waals surface area contributed by atoms with E-state index in [2.05, 4.69) is 22.0 Å². The molecule has 2 N–H and O–H groups in total. The third-order valence-electron chi connectivity index (χ3n) is 3.67. The fourth-order valence-corrected chi connectivity index (χ4v) is 2.42. The van der Waals surface area contributed by atoms with Gasteiger partial charge < -0.3 is 10.6 Å². The van der Waals surface area contributed by atoms with Gasteiger partial charge in [-0.25, -0.2) is 0 Å². The molecule has 1 aliphatic heterocycles. The Labute approximate surface area is 103 Å². The molecule has 0 amide bonds. The molecule has 1 fully saturated rings. The summed E-state index contributed by atoms with van der Waals surface area (Å²) in [6.45, 7) is 6.81. The molecule has 4 nitrogen and oxygen atoms in total. The van der Waals surface area contributed by atoms with Crippen molar-refractivity contribution in [3.05, 3.63) is 16.8 Å². The van der Waals surface area contributed by atoms with Crippen LogP contribution in [0.3, 0.4) is 0 Å². The molecule has 0 aliphatic carbocycles. The minimum Gasteiger partial charge on any atom is -0.355 e. The molecule has 2 heterocycles. The van der Waals surface area contributed by atoms with Crippen LogP contribution in [-0.2, 0) is 6.54 Å². The number of nitrogens with zero attached hydrogens (tertiary/aromatic N) is 3. The predicted molar refractivity (Wildman–Crippen MR) is 70.1 cm³/mol. The van der Waals surface area contributed by atoms with E-state index in [9.17, 15) is 0 Å². The third-order valence-corrected chi connectivity index (χ3v) is 3.67. The minimum atomic E-state index is 0.550. The molecular weight excluding hydrogens is 212 g/mol. The summed E-state index contributed by atoms with van der Waals surface area (Å²) in [7, 11) is 0. The van der Waals surface area contributed by atoms with Crippen molar-refractivity contribution < 1.29 is 0 Å². The fourth-order valence-electron chi connectivity index (χ4n) is 2.42. The Hall–Kier alpha value is -1.16. The number of aromatic nitrogens is 2. The number of hydrogen-bond acceptors (Lipinski definition) is 4. The molecule has 2 rings (SSSR count). The summed E-state index contributed by atoms with van der Waals surface area (Å²) in [5.74, 6) is 1.01. The van der Waals surface area contributed by atoms with Crippen molar-refractivity contribution in [1.82, 2.24) is 10.2 Å². The van der Waals surface area contributed by atoms with Crippen molar-refractivity contribution in [2.45, 2.75) is 46.1 Å². The Bertz CT molecular complexity index is 381. The maximum atomic E-state index is 5.87. The number of nitrogens with two attached hydrogens (primary N) is 1. The standard InChI is InChI=1S/C13H22N4/c1-10-11(2)15-16-13(12(10)9-14)17-7-5-3-4-6-8-17/h3-9,14H2,1-2H3. The smallest absolute Gasteiger partial charge is 0.156 e. The second kappa shape index (κ2) is 5.45. The lowest BCUT2D eigenvalue weighted by molar-refractivity contribution is 0.726. The van der Waals surface area contributed by atoms with Crippen molar-refractivity contribution in [2.24, 2.45) is 5.73 Å². The van der Waals surface area contributed by atoms with E-state index in [4.69, 9.17) is 5.73 Å². The fraction of sp³-hybridized carbons (Fsp3) is 0.692. The second-order valence-electron chi connectivity index (χ2n) is 4.82. The van der Waals surface area contributed by atoms with Crippen LogP contribution in [0, 0.1) is 13.8 Å². The first-order valence-corrected chi connectivity index (χ1v) is 6.52. The van der Waals surface area contributed by atoms with E-state index in [1.165, 1.54) is 36.8 Å². The molecule has 0 saturated carbocycles. The van der Waals surface area contributed by atoms with Crippen LogP contribution >= 0.6 is 0 Å². The highest BCUT2D eigenvalue weighted by molar-refractivity contribution is 5.50. The van der Waals surface area contributed by atoms with Gasteiger partial charge in [-0.1, -0.05) is 12.8 Å². The van der Waals surface area contributed by atoms with E-state index in [1.807, 2.05) is 6.92 Å². The highest BCUT2D eigenvalue weighted by Crippen LogP contribution is 2.24. The first kappa shape index (κ1) is 12.3. The first-order chi connectivity index (χ1) is 8.24. The summed E-state index contributed by atoms with van der Waals surface area (Å²) in [5, 5.41) is 8.62. The third kappa shape index (κ3) is 2.57. The summed E-state index contributed by atoms with van der Waals surface area (Å²) in [6.07, 6.45) is 5.15. The topological polar surface area (TPSA) is 55.0 Å². The largest absolute Gasteiger partial charge is 0.355 e. The van der Waals surface area contributed by atoms with Crippen LogP contribution in [-0.4, -0.2) is 23.3 Å². The molecule has 1 aromatic rings. The molecule has 4 heteroatoms. The maximum absolute atomic E-state index is 5.87. The van der Waals surface area contributed by atoms with Gasteiger partial charge in [0.25, 0.3) is 0 Å². The van der Waals surface area contributed by atoms with Gasteiger partial charge in [0.2, 0.25) is 0 Å². The first-order valence-electron chi connectivity index (χ1n) is 6.52. The summed E-state index contributed by atoms with van der Waals surface area (Å²) in [4.78, 5) is 2.36. The van der Waals surface area contributed by atoms with E-state index >= 15 is 0 Å². The average Bonchev–Trinajstić information content (AvgIpc) is 2.61. The molecule has 1 saturated heterocycles. The monoisotopic (exact) mass is 234 g/mol. The van der Waals surface area contributed by atoms with Crippen LogP contribution in [0.5, 0.6) is 0 Å². The average molecular weight is 234 g/mol. The van der Waals surface area contributed by atoms with Crippen LogP contribution in [0.1, 0.15) is 42.5 Å². The molecule has 0 atom stereocenters. The lowest BCUT2D eigenvalue weighted by atomic mass is 10.1. The zero-order valence-corrected chi connectivity index (χ0v) is 10.9. The summed E-state index contributed by atoms with van der Waals surface area (Å²) in [5.41, 5.74) is 9.22. The van der Waals surface area contributed by atoms with Crippen molar-refractivity contribution >= 4 is 5.82 Å². The van der Waals surface area contributed by atoms with E-state index in [-0.39, 0.29) is 0 Å². The molecule has 0 bridgehead atoms. The molecule has 17 heavy (non-hydrogen) atoms. The summed E-state index contributed by atoms with van der Waals surface area (Å²) in [6, 6.07) is 0. The zero-order chi connectivity index (χ0) is 12.3. The van der Waals surface area contributed by atoms with Crippen LogP contribution in [0.25, 0.3) is 0 Å². The van der Waals surface area contributed by atoms with Gasteiger partial charge in [0, 0.05) is 25.2 Å². The van der Waals surface area contributed by atoms with E-state index in [0.717, 1.165) is 24.6 Å². The van der Waals surface area contributed by atoms with Crippen molar-refractivity contribution in [2.75, 3.05) is 18.0 Å². The lowest BCUT2D eigenvalue weighted by Gasteiger charge is -2.24. The Morgan fingerprint density at radius 3 is 2.29 bits per heavy atom. The van der Waals surface area contributed by atoms with Gasteiger partial charge in [0.15, 0.2) is 5.82 Å².